The molecule has 0 saturated carbocycles. The SMILES string of the molecule is CC(C)n1ccc(CN2C[C@@H](O)C[C@H]2c2cc(F)ccc2F)n1. The van der Waals surface area contributed by atoms with Crippen molar-refractivity contribution in [1.82, 2.24) is 14.7 Å². The Hall–Kier alpha value is -1.79. The van der Waals surface area contributed by atoms with Gasteiger partial charge in [-0.05, 0) is 44.5 Å². The summed E-state index contributed by atoms with van der Waals surface area (Å²) in [4.78, 5) is 1.95. The number of β-amino-alcohol motifs (C(OH)–C–C–N with tert-alkyl or cyclic N) is 1. The molecule has 1 aromatic carbocycles. The van der Waals surface area contributed by atoms with E-state index < -0.39 is 17.7 Å². The van der Waals surface area contributed by atoms with Gasteiger partial charge in [-0.1, -0.05) is 0 Å². The van der Waals surface area contributed by atoms with Gasteiger partial charge >= 0.3 is 0 Å². The third kappa shape index (κ3) is 3.43. The van der Waals surface area contributed by atoms with E-state index in [1.807, 2.05) is 35.7 Å². The van der Waals surface area contributed by atoms with Crippen LogP contribution in [0.15, 0.2) is 30.5 Å². The monoisotopic (exact) mass is 321 g/mol. The van der Waals surface area contributed by atoms with E-state index in [9.17, 15) is 13.9 Å². The van der Waals surface area contributed by atoms with E-state index in [2.05, 4.69) is 5.10 Å². The predicted molar refractivity (Wildman–Crippen MR) is 82.7 cm³/mol. The second kappa shape index (κ2) is 6.37. The molecule has 6 heteroatoms. The average Bonchev–Trinajstić information content (AvgIpc) is 3.09. The Morgan fingerprint density at radius 2 is 2.09 bits per heavy atom. The Balaban J connectivity index is 1.83. The molecule has 1 N–H and O–H groups in total. The molecule has 124 valence electrons. The van der Waals surface area contributed by atoms with Gasteiger partial charge in [0.15, 0.2) is 0 Å². The third-order valence-electron chi connectivity index (χ3n) is 4.26. The average molecular weight is 321 g/mol. The maximum atomic E-state index is 14.1. The van der Waals surface area contributed by atoms with Crippen LogP contribution < -0.4 is 0 Å². The fraction of sp³-hybridized carbons (Fsp3) is 0.471. The van der Waals surface area contributed by atoms with Gasteiger partial charge in [0.1, 0.15) is 11.6 Å². The predicted octanol–water partition coefficient (Wildman–Crippen LogP) is 3.05. The van der Waals surface area contributed by atoms with Crippen LogP contribution in [-0.2, 0) is 6.54 Å². The molecule has 0 amide bonds. The number of hydrogen-bond acceptors (Lipinski definition) is 3. The van der Waals surface area contributed by atoms with Crippen molar-refractivity contribution in [3.63, 3.8) is 0 Å². The first kappa shape index (κ1) is 16.1. The first-order valence-corrected chi connectivity index (χ1v) is 7.85. The fourth-order valence-corrected chi connectivity index (χ4v) is 3.11. The number of aliphatic hydroxyl groups is 1. The Bertz CT molecular complexity index is 686. The number of halogens is 2. The normalized spacial score (nSPS) is 22.2. The van der Waals surface area contributed by atoms with Crippen molar-refractivity contribution in [1.29, 1.82) is 0 Å². The van der Waals surface area contributed by atoms with Gasteiger partial charge in [-0.15, -0.1) is 0 Å². The van der Waals surface area contributed by atoms with Gasteiger partial charge in [-0.2, -0.15) is 5.10 Å². The van der Waals surface area contributed by atoms with Gasteiger partial charge in [-0.3, -0.25) is 9.58 Å². The summed E-state index contributed by atoms with van der Waals surface area (Å²) in [6.45, 7) is 5.01. The maximum absolute atomic E-state index is 14.1. The summed E-state index contributed by atoms with van der Waals surface area (Å²) in [6, 6.07) is 5.32. The second-order valence-electron chi connectivity index (χ2n) is 6.38. The summed E-state index contributed by atoms with van der Waals surface area (Å²) in [5.74, 6) is -0.907. The van der Waals surface area contributed by atoms with Gasteiger partial charge < -0.3 is 5.11 Å². The number of nitrogens with zero attached hydrogens (tertiary/aromatic N) is 3. The lowest BCUT2D eigenvalue weighted by Gasteiger charge is -2.24. The van der Waals surface area contributed by atoms with Crippen molar-refractivity contribution in [3.8, 4) is 0 Å². The summed E-state index contributed by atoms with van der Waals surface area (Å²) in [7, 11) is 0. The zero-order chi connectivity index (χ0) is 16.6. The fourth-order valence-electron chi connectivity index (χ4n) is 3.11. The highest BCUT2D eigenvalue weighted by atomic mass is 19.1. The molecule has 0 bridgehead atoms. The summed E-state index contributed by atoms with van der Waals surface area (Å²) in [5, 5.41) is 14.5. The van der Waals surface area contributed by atoms with E-state index in [1.165, 1.54) is 6.07 Å². The lowest BCUT2D eigenvalue weighted by Crippen LogP contribution is -2.25. The Labute approximate surface area is 134 Å². The smallest absolute Gasteiger partial charge is 0.128 e. The minimum Gasteiger partial charge on any atom is -0.392 e. The van der Waals surface area contributed by atoms with E-state index in [0.29, 0.717) is 25.1 Å². The summed E-state index contributed by atoms with van der Waals surface area (Å²) >= 11 is 0. The Kier molecular flexibility index (Phi) is 4.46. The van der Waals surface area contributed by atoms with Crippen LogP contribution in [0.1, 0.15) is 43.6 Å². The largest absolute Gasteiger partial charge is 0.392 e. The third-order valence-corrected chi connectivity index (χ3v) is 4.26. The van der Waals surface area contributed by atoms with Crippen LogP contribution in [0.5, 0.6) is 0 Å². The molecule has 0 spiro atoms. The molecule has 1 aromatic heterocycles. The van der Waals surface area contributed by atoms with Crippen LogP contribution >= 0.6 is 0 Å². The molecule has 2 aromatic rings. The molecule has 1 aliphatic heterocycles. The highest BCUT2D eigenvalue weighted by Gasteiger charge is 2.34. The van der Waals surface area contributed by atoms with E-state index >= 15 is 0 Å². The summed E-state index contributed by atoms with van der Waals surface area (Å²) in [5.41, 5.74) is 1.15. The minimum absolute atomic E-state index is 0.268. The maximum Gasteiger partial charge on any atom is 0.128 e. The van der Waals surface area contributed by atoms with Crippen LogP contribution in [0.4, 0.5) is 8.78 Å². The van der Waals surface area contributed by atoms with Crippen LogP contribution in [0.25, 0.3) is 0 Å². The zero-order valence-electron chi connectivity index (χ0n) is 13.3. The molecule has 4 nitrogen and oxygen atoms in total. The van der Waals surface area contributed by atoms with Gasteiger partial charge in [0, 0.05) is 36.9 Å². The zero-order valence-corrected chi connectivity index (χ0v) is 13.3. The number of hydrogen-bond donors (Lipinski definition) is 1. The van der Waals surface area contributed by atoms with E-state index in [4.69, 9.17) is 0 Å². The van der Waals surface area contributed by atoms with Crippen molar-refractivity contribution >= 4 is 0 Å². The molecule has 23 heavy (non-hydrogen) atoms. The van der Waals surface area contributed by atoms with Crippen molar-refractivity contribution in [3.05, 3.63) is 53.4 Å². The van der Waals surface area contributed by atoms with Gasteiger partial charge in [0.2, 0.25) is 0 Å². The van der Waals surface area contributed by atoms with E-state index in [1.54, 1.807) is 0 Å². The van der Waals surface area contributed by atoms with Gasteiger partial charge in [0.05, 0.1) is 11.8 Å². The lowest BCUT2D eigenvalue weighted by atomic mass is 10.0. The highest BCUT2D eigenvalue weighted by Crippen LogP contribution is 2.35. The molecule has 1 saturated heterocycles. The molecule has 2 heterocycles. The van der Waals surface area contributed by atoms with Crippen molar-refractivity contribution in [2.75, 3.05) is 6.54 Å². The van der Waals surface area contributed by atoms with Crippen molar-refractivity contribution in [2.45, 2.75) is 45.0 Å². The van der Waals surface area contributed by atoms with E-state index in [0.717, 1.165) is 17.8 Å². The highest BCUT2D eigenvalue weighted by molar-refractivity contribution is 5.24. The first-order valence-electron chi connectivity index (χ1n) is 7.85. The molecule has 3 rings (SSSR count). The Morgan fingerprint density at radius 1 is 1.30 bits per heavy atom. The molecular weight excluding hydrogens is 300 g/mol. The minimum atomic E-state index is -0.546. The molecule has 1 aliphatic rings. The number of likely N-dealkylation sites (tertiary alicyclic amines) is 1. The molecule has 1 fully saturated rings. The number of rotatable bonds is 4. The lowest BCUT2D eigenvalue weighted by molar-refractivity contribution is 0.171. The van der Waals surface area contributed by atoms with Crippen LogP contribution in [-0.4, -0.2) is 32.4 Å². The first-order chi connectivity index (χ1) is 10.9. The van der Waals surface area contributed by atoms with Crippen LogP contribution in [0, 0.1) is 11.6 Å². The molecule has 0 radical (unpaired) electrons. The molecular formula is C17H21F2N3O. The van der Waals surface area contributed by atoms with E-state index in [-0.39, 0.29) is 12.1 Å². The number of aliphatic hydroxyl groups excluding tert-OH is 1. The molecule has 0 unspecified atom stereocenters. The Morgan fingerprint density at radius 3 is 2.78 bits per heavy atom. The standard InChI is InChI=1S/C17H21F2N3O/c1-11(2)22-6-5-13(20-22)9-21-10-14(23)8-17(21)15-7-12(18)3-4-16(15)19/h3-7,11,14,17,23H,8-10H2,1-2H3/t14-,17-/m0/s1. The quantitative estimate of drug-likeness (QED) is 0.941. The van der Waals surface area contributed by atoms with Crippen LogP contribution in [0.2, 0.25) is 0 Å². The van der Waals surface area contributed by atoms with Crippen LogP contribution in [0.3, 0.4) is 0 Å². The topological polar surface area (TPSA) is 41.3 Å². The number of aromatic nitrogens is 2. The van der Waals surface area contributed by atoms with Gasteiger partial charge in [-0.25, -0.2) is 8.78 Å². The molecule has 2 atom stereocenters. The summed E-state index contributed by atoms with van der Waals surface area (Å²) < 4.78 is 29.4. The second-order valence-corrected chi connectivity index (χ2v) is 6.38. The molecule has 0 aliphatic carbocycles. The van der Waals surface area contributed by atoms with Crippen molar-refractivity contribution in [2.24, 2.45) is 0 Å². The summed E-state index contributed by atoms with van der Waals surface area (Å²) in [6.07, 6.45) is 1.75. The number of benzene rings is 1. The van der Waals surface area contributed by atoms with Gasteiger partial charge in [0.25, 0.3) is 0 Å². The van der Waals surface area contributed by atoms with Crippen molar-refractivity contribution < 1.29 is 13.9 Å².